The molecule has 0 radical (unpaired) electrons. The second-order valence-electron chi connectivity index (χ2n) is 7.15. The highest BCUT2D eigenvalue weighted by Crippen LogP contribution is 2.21. The maximum Gasteiger partial charge on any atom is 0.224 e. The third kappa shape index (κ3) is 3.90. The number of likely N-dealkylation sites (tertiary alicyclic amines) is 1. The Morgan fingerprint density at radius 3 is 3.00 bits per heavy atom. The van der Waals surface area contributed by atoms with E-state index < -0.39 is 0 Å². The molecule has 6 nitrogen and oxygen atoms in total. The van der Waals surface area contributed by atoms with Crippen molar-refractivity contribution in [3.05, 3.63) is 54.1 Å². The number of carbonyl (C=O) groups excluding carboxylic acids is 1. The minimum atomic E-state index is 0.0215. The van der Waals surface area contributed by atoms with Crippen LogP contribution in [0.15, 0.2) is 47.1 Å². The molecule has 2 aromatic heterocycles. The van der Waals surface area contributed by atoms with Gasteiger partial charge in [0.15, 0.2) is 0 Å². The van der Waals surface area contributed by atoms with Crippen LogP contribution in [0.2, 0.25) is 0 Å². The van der Waals surface area contributed by atoms with Crippen LogP contribution < -0.4 is 5.32 Å². The Morgan fingerprint density at radius 2 is 2.19 bits per heavy atom. The number of amides is 1. The number of benzene rings is 1. The van der Waals surface area contributed by atoms with Crippen molar-refractivity contribution in [3.8, 4) is 0 Å². The van der Waals surface area contributed by atoms with Gasteiger partial charge in [-0.2, -0.15) is 5.10 Å². The fourth-order valence-electron chi connectivity index (χ4n) is 3.92. The number of aromatic nitrogens is 2. The van der Waals surface area contributed by atoms with Gasteiger partial charge in [0.2, 0.25) is 5.91 Å². The normalized spacial score (nSPS) is 18.0. The number of para-hydroxylation sites is 1. The summed E-state index contributed by atoms with van der Waals surface area (Å²) in [6.45, 7) is 5.92. The van der Waals surface area contributed by atoms with Gasteiger partial charge in [-0.1, -0.05) is 18.2 Å². The van der Waals surface area contributed by atoms with Crippen LogP contribution in [-0.2, 0) is 24.4 Å². The van der Waals surface area contributed by atoms with Gasteiger partial charge in [0, 0.05) is 18.5 Å². The van der Waals surface area contributed by atoms with Gasteiger partial charge in [-0.05, 0) is 44.5 Å². The topological polar surface area (TPSA) is 63.3 Å². The number of piperidine rings is 1. The van der Waals surface area contributed by atoms with E-state index in [1.807, 2.05) is 28.9 Å². The molecule has 0 unspecified atom stereocenters. The predicted octanol–water partition coefficient (Wildman–Crippen LogP) is 3.18. The fourth-order valence-corrected chi connectivity index (χ4v) is 3.92. The molecule has 142 valence electrons. The van der Waals surface area contributed by atoms with Crippen LogP contribution in [0.25, 0.3) is 10.9 Å². The SMILES string of the molecule is CCn1nc(CNC(=O)[C@H]2CCCN(Cc3ccco3)C2)c2ccccc21. The fraction of sp³-hybridized carbons (Fsp3) is 0.429. The van der Waals surface area contributed by atoms with Gasteiger partial charge in [0.25, 0.3) is 0 Å². The number of carbonyl (C=O) groups is 1. The van der Waals surface area contributed by atoms with Crippen LogP contribution in [-0.4, -0.2) is 33.7 Å². The van der Waals surface area contributed by atoms with Crippen LogP contribution in [0.5, 0.6) is 0 Å². The second-order valence-corrected chi connectivity index (χ2v) is 7.15. The molecule has 4 rings (SSSR count). The van der Waals surface area contributed by atoms with E-state index in [-0.39, 0.29) is 11.8 Å². The summed E-state index contributed by atoms with van der Waals surface area (Å²) >= 11 is 0. The quantitative estimate of drug-likeness (QED) is 0.728. The molecule has 1 aliphatic heterocycles. The molecule has 27 heavy (non-hydrogen) atoms. The van der Waals surface area contributed by atoms with E-state index in [2.05, 4.69) is 34.4 Å². The highest BCUT2D eigenvalue weighted by Gasteiger charge is 2.26. The molecule has 0 bridgehead atoms. The number of fused-ring (bicyclic) bond motifs is 1. The first-order chi connectivity index (χ1) is 13.2. The Balaban J connectivity index is 1.38. The van der Waals surface area contributed by atoms with Crippen LogP contribution in [0.3, 0.4) is 0 Å². The predicted molar refractivity (Wildman–Crippen MR) is 104 cm³/mol. The summed E-state index contributed by atoms with van der Waals surface area (Å²) in [5.74, 6) is 1.09. The third-order valence-corrected chi connectivity index (χ3v) is 5.30. The Labute approximate surface area is 159 Å². The van der Waals surface area contributed by atoms with E-state index in [9.17, 15) is 4.79 Å². The van der Waals surface area contributed by atoms with Crippen molar-refractivity contribution in [3.63, 3.8) is 0 Å². The zero-order valence-corrected chi connectivity index (χ0v) is 15.7. The van der Waals surface area contributed by atoms with Gasteiger partial charge >= 0.3 is 0 Å². The van der Waals surface area contributed by atoms with Crippen molar-refractivity contribution in [2.75, 3.05) is 13.1 Å². The molecule has 1 N–H and O–H groups in total. The first-order valence-corrected chi connectivity index (χ1v) is 9.71. The van der Waals surface area contributed by atoms with Gasteiger partial charge in [0.05, 0.1) is 36.5 Å². The average Bonchev–Trinajstić information content (AvgIpc) is 3.34. The maximum absolute atomic E-state index is 12.7. The molecular weight excluding hydrogens is 340 g/mol. The lowest BCUT2D eigenvalue weighted by molar-refractivity contribution is -0.127. The van der Waals surface area contributed by atoms with E-state index >= 15 is 0 Å². The molecule has 1 aliphatic rings. The third-order valence-electron chi connectivity index (χ3n) is 5.30. The van der Waals surface area contributed by atoms with Crippen molar-refractivity contribution in [2.24, 2.45) is 5.92 Å². The number of hydrogen-bond acceptors (Lipinski definition) is 4. The molecule has 0 aliphatic carbocycles. The van der Waals surface area contributed by atoms with Crippen LogP contribution >= 0.6 is 0 Å². The van der Waals surface area contributed by atoms with E-state index in [1.165, 1.54) is 0 Å². The molecule has 1 atom stereocenters. The molecule has 0 spiro atoms. The Hall–Kier alpha value is -2.60. The highest BCUT2D eigenvalue weighted by molar-refractivity contribution is 5.83. The molecule has 1 fully saturated rings. The zero-order valence-electron chi connectivity index (χ0n) is 15.7. The lowest BCUT2D eigenvalue weighted by Crippen LogP contribution is -2.42. The lowest BCUT2D eigenvalue weighted by atomic mass is 9.97. The van der Waals surface area contributed by atoms with Crippen molar-refractivity contribution >= 4 is 16.8 Å². The molecule has 3 aromatic rings. The first kappa shape index (κ1) is 17.8. The van der Waals surface area contributed by atoms with Crippen molar-refractivity contribution < 1.29 is 9.21 Å². The van der Waals surface area contributed by atoms with Gasteiger partial charge < -0.3 is 9.73 Å². The van der Waals surface area contributed by atoms with Gasteiger partial charge in [0.1, 0.15) is 5.76 Å². The molecule has 0 saturated carbocycles. The summed E-state index contributed by atoms with van der Waals surface area (Å²) in [6.07, 6.45) is 3.67. The zero-order chi connectivity index (χ0) is 18.6. The summed E-state index contributed by atoms with van der Waals surface area (Å²) in [5.41, 5.74) is 2.05. The Bertz CT molecular complexity index is 900. The lowest BCUT2D eigenvalue weighted by Gasteiger charge is -2.31. The molecule has 3 heterocycles. The monoisotopic (exact) mass is 366 g/mol. The first-order valence-electron chi connectivity index (χ1n) is 9.71. The molecule has 1 amide bonds. The van der Waals surface area contributed by atoms with E-state index in [0.29, 0.717) is 6.54 Å². The van der Waals surface area contributed by atoms with Crippen LogP contribution in [0, 0.1) is 5.92 Å². The minimum absolute atomic E-state index is 0.0215. The molecule has 1 aromatic carbocycles. The molecule has 1 saturated heterocycles. The standard InChI is InChI=1S/C21H26N4O2/c1-2-25-20-10-4-3-9-18(20)19(23-25)13-22-21(26)16-7-5-11-24(14-16)15-17-8-6-12-27-17/h3-4,6,8-10,12,16H,2,5,7,11,13-15H2,1H3,(H,22,26)/t16-/m0/s1. The second kappa shape index (κ2) is 7.96. The van der Waals surface area contributed by atoms with Crippen molar-refractivity contribution in [1.29, 1.82) is 0 Å². The molecular formula is C21H26N4O2. The summed E-state index contributed by atoms with van der Waals surface area (Å²) < 4.78 is 7.43. The van der Waals surface area contributed by atoms with E-state index in [1.54, 1.807) is 6.26 Å². The summed E-state index contributed by atoms with van der Waals surface area (Å²) in [7, 11) is 0. The summed E-state index contributed by atoms with van der Waals surface area (Å²) in [4.78, 5) is 15.0. The Kier molecular flexibility index (Phi) is 5.25. The van der Waals surface area contributed by atoms with Crippen molar-refractivity contribution in [1.82, 2.24) is 20.0 Å². The highest BCUT2D eigenvalue weighted by atomic mass is 16.3. The summed E-state index contributed by atoms with van der Waals surface area (Å²) in [6, 6.07) is 12.1. The number of hydrogen-bond donors (Lipinski definition) is 1. The minimum Gasteiger partial charge on any atom is -0.468 e. The van der Waals surface area contributed by atoms with E-state index in [0.717, 1.165) is 61.4 Å². The van der Waals surface area contributed by atoms with Crippen LogP contribution in [0.4, 0.5) is 0 Å². The maximum atomic E-state index is 12.7. The van der Waals surface area contributed by atoms with Crippen LogP contribution in [0.1, 0.15) is 31.2 Å². The summed E-state index contributed by atoms with van der Waals surface area (Å²) in [5, 5.41) is 8.90. The molecule has 6 heteroatoms. The number of furan rings is 1. The largest absolute Gasteiger partial charge is 0.468 e. The van der Waals surface area contributed by atoms with Gasteiger partial charge in [-0.3, -0.25) is 14.4 Å². The van der Waals surface area contributed by atoms with Gasteiger partial charge in [-0.15, -0.1) is 0 Å². The number of nitrogens with one attached hydrogen (secondary N) is 1. The number of aryl methyl sites for hydroxylation is 1. The average molecular weight is 366 g/mol. The van der Waals surface area contributed by atoms with Crippen molar-refractivity contribution in [2.45, 2.75) is 39.4 Å². The Morgan fingerprint density at radius 1 is 1.30 bits per heavy atom. The smallest absolute Gasteiger partial charge is 0.224 e. The van der Waals surface area contributed by atoms with Gasteiger partial charge in [-0.25, -0.2) is 0 Å². The number of nitrogens with zero attached hydrogens (tertiary/aromatic N) is 3. The number of rotatable bonds is 6. The van der Waals surface area contributed by atoms with E-state index in [4.69, 9.17) is 4.42 Å².